The van der Waals surface area contributed by atoms with Gasteiger partial charge in [0.25, 0.3) is 0 Å². The van der Waals surface area contributed by atoms with Crippen LogP contribution in [0.25, 0.3) is 0 Å². The van der Waals surface area contributed by atoms with Crippen LogP contribution >= 0.6 is 0 Å². The molecule has 3 saturated carbocycles. The van der Waals surface area contributed by atoms with E-state index in [0.717, 1.165) is 61.7 Å². The van der Waals surface area contributed by atoms with E-state index in [1.807, 2.05) is 0 Å². The summed E-state index contributed by atoms with van der Waals surface area (Å²) < 4.78 is 16.4. The third-order valence-electron chi connectivity index (χ3n) is 12.4. The second-order valence-electron chi connectivity index (χ2n) is 15.4. The molecule has 8 atom stereocenters. The van der Waals surface area contributed by atoms with E-state index < -0.39 is 12.1 Å². The monoisotopic (exact) mass is 648 g/mol. The first-order valence-electron chi connectivity index (χ1n) is 19.4. The van der Waals surface area contributed by atoms with Gasteiger partial charge in [0, 0.05) is 19.4 Å². The molecule has 3 aliphatic carbocycles. The Balaban J connectivity index is 1.40. The van der Waals surface area contributed by atoms with Crippen LogP contribution in [-0.4, -0.2) is 43.8 Å². The molecule has 0 aromatic rings. The number of esters is 3. The second-order valence-corrected chi connectivity index (χ2v) is 15.4. The van der Waals surface area contributed by atoms with E-state index in [-0.39, 0.29) is 38.1 Å². The minimum atomic E-state index is -0.821. The number of nitrogens with two attached hydrogens (primary N) is 1. The topological polar surface area (TPSA) is 105 Å². The van der Waals surface area contributed by atoms with Crippen molar-refractivity contribution in [2.24, 2.45) is 46.7 Å². The first kappa shape index (κ1) is 38.8. The van der Waals surface area contributed by atoms with Crippen molar-refractivity contribution in [2.45, 2.75) is 169 Å². The van der Waals surface area contributed by atoms with E-state index in [9.17, 15) is 14.4 Å². The number of hydrogen-bond acceptors (Lipinski definition) is 7. The van der Waals surface area contributed by atoms with Gasteiger partial charge in [-0.1, -0.05) is 91.9 Å². The van der Waals surface area contributed by atoms with Crippen molar-refractivity contribution < 1.29 is 28.6 Å². The highest BCUT2D eigenvalue weighted by atomic mass is 16.6. The Morgan fingerprint density at radius 3 is 2.07 bits per heavy atom. The quantitative estimate of drug-likeness (QED) is 0.0753. The van der Waals surface area contributed by atoms with Crippen LogP contribution in [0, 0.1) is 40.9 Å². The molecule has 0 aromatic heterocycles. The summed E-state index contributed by atoms with van der Waals surface area (Å²) in [6, 6.07) is 0. The molecule has 0 heterocycles. The molecule has 0 radical (unpaired) electrons. The van der Waals surface area contributed by atoms with E-state index in [1.165, 1.54) is 83.5 Å². The van der Waals surface area contributed by atoms with Gasteiger partial charge in [0.1, 0.15) is 13.2 Å². The lowest BCUT2D eigenvalue weighted by molar-refractivity contribution is -0.166. The summed E-state index contributed by atoms with van der Waals surface area (Å²) in [6.07, 6.45) is 22.2. The average Bonchev–Trinajstić information content (AvgIpc) is 3.05. The first-order valence-corrected chi connectivity index (χ1v) is 19.4. The average molecular weight is 648 g/mol. The number of fused-ring (bicyclic) bond motifs is 3. The highest BCUT2D eigenvalue weighted by Gasteiger charge is 2.52. The SMILES string of the molecule is CCCCCCCCCC(=O)OCC(COC(=O)CCCC(C)C1(C)CCC2C3CCCCC3CCC2C1CC)OC(=O)CCN. The molecule has 0 aliphatic heterocycles. The Kier molecular flexibility index (Phi) is 17.4. The molecule has 3 rings (SSSR count). The standard InChI is InChI=1S/C39H69NO6/c1-5-7-8-9-10-11-12-19-36(41)44-27-31(46-38(43)24-26-40)28-45-37(42)20-15-16-29(3)39(4)25-23-33-32-18-14-13-17-30(32)21-22-34(33)35(39)6-2/h29-35H,5-28,40H2,1-4H3. The molecule has 0 bridgehead atoms. The Labute approximate surface area is 281 Å². The Bertz CT molecular complexity index is 909. The van der Waals surface area contributed by atoms with Gasteiger partial charge in [-0.2, -0.15) is 0 Å². The lowest BCUT2D eigenvalue weighted by atomic mass is 9.47. The van der Waals surface area contributed by atoms with Gasteiger partial charge >= 0.3 is 17.9 Å². The van der Waals surface area contributed by atoms with Crippen LogP contribution < -0.4 is 5.73 Å². The number of hydrogen-bond donors (Lipinski definition) is 1. The van der Waals surface area contributed by atoms with Gasteiger partial charge in [0.05, 0.1) is 6.42 Å². The van der Waals surface area contributed by atoms with Crippen molar-refractivity contribution in [3.05, 3.63) is 0 Å². The first-order chi connectivity index (χ1) is 22.2. The lowest BCUT2D eigenvalue weighted by Gasteiger charge is -2.58. The molecule has 0 aromatic carbocycles. The highest BCUT2D eigenvalue weighted by molar-refractivity contribution is 5.71. The van der Waals surface area contributed by atoms with E-state index in [1.54, 1.807) is 0 Å². The van der Waals surface area contributed by atoms with E-state index >= 15 is 0 Å². The Morgan fingerprint density at radius 1 is 0.739 bits per heavy atom. The number of rotatable bonds is 21. The fourth-order valence-electron chi connectivity index (χ4n) is 9.66. The van der Waals surface area contributed by atoms with Gasteiger partial charge in [-0.3, -0.25) is 14.4 Å². The third-order valence-corrected chi connectivity index (χ3v) is 12.4. The van der Waals surface area contributed by atoms with Crippen molar-refractivity contribution in [1.29, 1.82) is 0 Å². The van der Waals surface area contributed by atoms with Gasteiger partial charge < -0.3 is 19.9 Å². The zero-order valence-electron chi connectivity index (χ0n) is 30.0. The van der Waals surface area contributed by atoms with Gasteiger partial charge in [-0.15, -0.1) is 0 Å². The fraction of sp³-hybridized carbons (Fsp3) is 0.923. The van der Waals surface area contributed by atoms with E-state index in [2.05, 4.69) is 27.7 Å². The van der Waals surface area contributed by atoms with Crippen LogP contribution in [0.4, 0.5) is 0 Å². The van der Waals surface area contributed by atoms with Crippen LogP contribution in [0.5, 0.6) is 0 Å². The predicted molar refractivity (Wildman–Crippen MR) is 184 cm³/mol. The van der Waals surface area contributed by atoms with Crippen LogP contribution in [0.3, 0.4) is 0 Å². The summed E-state index contributed by atoms with van der Waals surface area (Å²) in [5.74, 6) is 4.01. The van der Waals surface area contributed by atoms with Crippen LogP contribution in [-0.2, 0) is 28.6 Å². The summed E-state index contributed by atoms with van der Waals surface area (Å²) in [4.78, 5) is 37.2. The molecular weight excluding hydrogens is 578 g/mol. The van der Waals surface area contributed by atoms with Crippen LogP contribution in [0.15, 0.2) is 0 Å². The highest BCUT2D eigenvalue weighted by Crippen LogP contribution is 2.60. The minimum absolute atomic E-state index is 0.0642. The molecule has 2 N–H and O–H groups in total. The second kappa shape index (κ2) is 20.7. The molecule has 0 spiro atoms. The van der Waals surface area contributed by atoms with Crippen molar-refractivity contribution in [2.75, 3.05) is 19.8 Å². The van der Waals surface area contributed by atoms with E-state index in [4.69, 9.17) is 19.9 Å². The normalized spacial score (nSPS) is 28.8. The summed E-state index contributed by atoms with van der Waals surface area (Å²) in [5, 5.41) is 0. The summed E-state index contributed by atoms with van der Waals surface area (Å²) in [5.41, 5.74) is 5.82. The van der Waals surface area contributed by atoms with Crippen molar-refractivity contribution in [3.8, 4) is 0 Å². The summed E-state index contributed by atoms with van der Waals surface area (Å²) in [6.45, 7) is 9.50. The summed E-state index contributed by atoms with van der Waals surface area (Å²) >= 11 is 0. The third kappa shape index (κ3) is 11.8. The molecule has 8 unspecified atom stereocenters. The molecule has 3 fully saturated rings. The number of unbranched alkanes of at least 4 members (excludes halogenated alkanes) is 6. The molecular formula is C39H69NO6. The van der Waals surface area contributed by atoms with Crippen molar-refractivity contribution in [1.82, 2.24) is 0 Å². The zero-order valence-corrected chi connectivity index (χ0v) is 30.0. The maximum Gasteiger partial charge on any atom is 0.307 e. The number of carbonyl (C=O) groups excluding carboxylic acids is 3. The lowest BCUT2D eigenvalue weighted by Crippen LogP contribution is -2.50. The van der Waals surface area contributed by atoms with Gasteiger partial charge in [0.2, 0.25) is 0 Å². The predicted octanol–water partition coefficient (Wildman–Crippen LogP) is 8.94. The number of ether oxygens (including phenoxy) is 3. The van der Waals surface area contributed by atoms with E-state index in [0.29, 0.717) is 24.2 Å². The smallest absolute Gasteiger partial charge is 0.307 e. The maximum atomic E-state index is 12.8. The molecule has 0 saturated heterocycles. The Morgan fingerprint density at radius 2 is 1.39 bits per heavy atom. The van der Waals surface area contributed by atoms with Gasteiger partial charge in [-0.05, 0) is 92.3 Å². The Hall–Kier alpha value is -1.63. The largest absolute Gasteiger partial charge is 0.462 e. The van der Waals surface area contributed by atoms with Crippen molar-refractivity contribution in [3.63, 3.8) is 0 Å². The van der Waals surface area contributed by atoms with Crippen molar-refractivity contribution >= 4 is 17.9 Å². The van der Waals surface area contributed by atoms with Gasteiger partial charge in [-0.25, -0.2) is 0 Å². The molecule has 46 heavy (non-hydrogen) atoms. The molecule has 3 aliphatic rings. The molecule has 7 heteroatoms. The molecule has 7 nitrogen and oxygen atoms in total. The zero-order chi connectivity index (χ0) is 33.4. The van der Waals surface area contributed by atoms with Gasteiger partial charge in [0.15, 0.2) is 6.10 Å². The minimum Gasteiger partial charge on any atom is -0.462 e. The number of carbonyl (C=O) groups is 3. The molecule has 0 amide bonds. The maximum absolute atomic E-state index is 12.8. The fourth-order valence-corrected chi connectivity index (χ4v) is 9.66. The summed E-state index contributed by atoms with van der Waals surface area (Å²) in [7, 11) is 0. The van der Waals surface area contributed by atoms with Crippen LogP contribution in [0.2, 0.25) is 0 Å². The van der Waals surface area contributed by atoms with Crippen LogP contribution in [0.1, 0.15) is 163 Å². The molecule has 266 valence electrons.